The molecule has 0 atom stereocenters. The van der Waals surface area contributed by atoms with Crippen molar-refractivity contribution in [2.75, 3.05) is 12.4 Å². The van der Waals surface area contributed by atoms with E-state index in [1.807, 2.05) is 36.4 Å². The van der Waals surface area contributed by atoms with Crippen molar-refractivity contribution in [3.8, 4) is 34.2 Å². The Balaban J connectivity index is 1.65. The number of benzene rings is 1. The molecule has 3 heterocycles. The number of anilines is 1. The van der Waals surface area contributed by atoms with Gasteiger partial charge in [-0.05, 0) is 24.3 Å². The van der Waals surface area contributed by atoms with Gasteiger partial charge in [-0.25, -0.2) is 9.97 Å². The number of nitrogens with zero attached hydrogens (tertiary/aromatic N) is 4. The lowest BCUT2D eigenvalue weighted by Gasteiger charge is -2.02. The van der Waals surface area contributed by atoms with Crippen LogP contribution in [-0.2, 0) is 0 Å². The van der Waals surface area contributed by atoms with Crippen molar-refractivity contribution in [3.63, 3.8) is 0 Å². The molecule has 0 bridgehead atoms. The zero-order chi connectivity index (χ0) is 16.4. The minimum atomic E-state index is 0.444. The molecule has 1 aromatic carbocycles. The minimum Gasteiger partial charge on any atom is -0.444 e. The molecule has 0 saturated carbocycles. The lowest BCUT2D eigenvalue weighted by molar-refractivity contribution is 0.432. The molecule has 1 N–H and O–H groups in total. The highest BCUT2D eigenvalue weighted by molar-refractivity contribution is 5.71. The van der Waals surface area contributed by atoms with Gasteiger partial charge < -0.3 is 14.3 Å². The average molecular weight is 319 g/mol. The highest BCUT2D eigenvalue weighted by Gasteiger charge is 2.14. The standard InChI is InChI=1S/C17H13N5O2/c1-18-15-13(3-2-8-20-15)16-21-17(24-22-16)12-6-4-11(5-7-12)14-9-19-10-23-14/h2-10H,1H3,(H,18,20). The molecule has 0 unspecified atom stereocenters. The summed E-state index contributed by atoms with van der Waals surface area (Å²) in [5, 5.41) is 7.07. The Hall–Kier alpha value is -3.48. The minimum absolute atomic E-state index is 0.444. The molecule has 7 heteroatoms. The van der Waals surface area contributed by atoms with E-state index in [0.717, 1.165) is 16.7 Å². The molecule has 118 valence electrons. The molecule has 4 aromatic rings. The SMILES string of the molecule is CNc1ncccc1-c1noc(-c2ccc(-c3cnco3)cc2)n1. The Labute approximate surface area is 137 Å². The molecule has 0 aliphatic rings. The van der Waals surface area contributed by atoms with Gasteiger partial charge in [-0.15, -0.1) is 0 Å². The first-order valence-corrected chi connectivity index (χ1v) is 7.31. The summed E-state index contributed by atoms with van der Waals surface area (Å²) in [5.74, 6) is 2.34. The summed E-state index contributed by atoms with van der Waals surface area (Å²) < 4.78 is 10.7. The third kappa shape index (κ3) is 2.52. The van der Waals surface area contributed by atoms with Gasteiger partial charge in [-0.3, -0.25) is 0 Å². The maximum absolute atomic E-state index is 5.38. The van der Waals surface area contributed by atoms with Crippen molar-refractivity contribution in [2.24, 2.45) is 0 Å². The number of oxazole rings is 1. The summed E-state index contributed by atoms with van der Waals surface area (Å²) in [7, 11) is 1.80. The van der Waals surface area contributed by atoms with Crippen LogP contribution >= 0.6 is 0 Å². The van der Waals surface area contributed by atoms with Crippen LogP contribution in [0.1, 0.15) is 0 Å². The zero-order valence-corrected chi connectivity index (χ0v) is 12.8. The Bertz CT molecular complexity index is 945. The second-order valence-electron chi connectivity index (χ2n) is 5.02. The van der Waals surface area contributed by atoms with E-state index >= 15 is 0 Å². The van der Waals surface area contributed by atoms with E-state index in [4.69, 9.17) is 8.94 Å². The molecule has 0 spiro atoms. The van der Waals surface area contributed by atoms with Crippen molar-refractivity contribution in [2.45, 2.75) is 0 Å². The second kappa shape index (κ2) is 5.96. The molecule has 4 rings (SSSR count). The fourth-order valence-electron chi connectivity index (χ4n) is 2.37. The topological polar surface area (TPSA) is 89.9 Å². The van der Waals surface area contributed by atoms with Gasteiger partial charge in [0.2, 0.25) is 5.82 Å². The summed E-state index contributed by atoms with van der Waals surface area (Å²) in [5.41, 5.74) is 2.54. The van der Waals surface area contributed by atoms with Crippen LogP contribution in [0.3, 0.4) is 0 Å². The van der Waals surface area contributed by atoms with E-state index in [0.29, 0.717) is 23.3 Å². The summed E-state index contributed by atoms with van der Waals surface area (Å²) in [6.07, 6.45) is 4.78. The Morgan fingerprint density at radius 1 is 1.04 bits per heavy atom. The van der Waals surface area contributed by atoms with E-state index in [-0.39, 0.29) is 0 Å². The maximum atomic E-state index is 5.38. The first-order valence-electron chi connectivity index (χ1n) is 7.31. The zero-order valence-electron chi connectivity index (χ0n) is 12.8. The molecule has 0 radical (unpaired) electrons. The monoisotopic (exact) mass is 319 g/mol. The first-order chi connectivity index (χ1) is 11.8. The summed E-state index contributed by atoms with van der Waals surface area (Å²) >= 11 is 0. The number of nitrogens with one attached hydrogen (secondary N) is 1. The molecule has 0 aliphatic carbocycles. The highest BCUT2D eigenvalue weighted by Crippen LogP contribution is 2.27. The lowest BCUT2D eigenvalue weighted by atomic mass is 10.1. The summed E-state index contributed by atoms with van der Waals surface area (Å²) in [6, 6.07) is 11.4. The Morgan fingerprint density at radius 3 is 2.62 bits per heavy atom. The normalized spacial score (nSPS) is 10.7. The molecule has 7 nitrogen and oxygen atoms in total. The van der Waals surface area contributed by atoms with Gasteiger partial charge in [-0.1, -0.05) is 17.3 Å². The fourth-order valence-corrected chi connectivity index (χ4v) is 2.37. The van der Waals surface area contributed by atoms with Crippen molar-refractivity contribution in [1.29, 1.82) is 0 Å². The smallest absolute Gasteiger partial charge is 0.258 e. The van der Waals surface area contributed by atoms with Gasteiger partial charge in [0.25, 0.3) is 5.89 Å². The number of hydrogen-bond donors (Lipinski definition) is 1. The number of rotatable bonds is 4. The van der Waals surface area contributed by atoms with Gasteiger partial charge >= 0.3 is 0 Å². The predicted molar refractivity (Wildman–Crippen MR) is 88.0 cm³/mol. The van der Waals surface area contributed by atoms with Crippen LogP contribution in [0.2, 0.25) is 0 Å². The van der Waals surface area contributed by atoms with Gasteiger partial charge in [0, 0.05) is 24.4 Å². The molecule has 0 aliphatic heterocycles. The van der Waals surface area contributed by atoms with E-state index in [9.17, 15) is 0 Å². The summed E-state index contributed by atoms with van der Waals surface area (Å²) in [4.78, 5) is 12.6. The molecular weight excluding hydrogens is 306 g/mol. The molecule has 0 fully saturated rings. The number of pyridine rings is 1. The van der Waals surface area contributed by atoms with Crippen molar-refractivity contribution >= 4 is 5.82 Å². The Morgan fingerprint density at radius 2 is 1.88 bits per heavy atom. The van der Waals surface area contributed by atoms with Crippen molar-refractivity contribution < 1.29 is 8.94 Å². The van der Waals surface area contributed by atoms with Crippen molar-refractivity contribution in [3.05, 3.63) is 55.2 Å². The molecule has 24 heavy (non-hydrogen) atoms. The van der Waals surface area contributed by atoms with E-state index in [2.05, 4.69) is 25.4 Å². The van der Waals surface area contributed by atoms with E-state index < -0.39 is 0 Å². The average Bonchev–Trinajstić information content (AvgIpc) is 3.34. The van der Waals surface area contributed by atoms with Crippen LogP contribution in [0.25, 0.3) is 34.2 Å². The fraction of sp³-hybridized carbons (Fsp3) is 0.0588. The third-order valence-corrected chi connectivity index (χ3v) is 3.56. The van der Waals surface area contributed by atoms with Crippen LogP contribution in [0.5, 0.6) is 0 Å². The van der Waals surface area contributed by atoms with Crippen LogP contribution < -0.4 is 5.32 Å². The van der Waals surface area contributed by atoms with E-state index in [1.165, 1.54) is 6.39 Å². The third-order valence-electron chi connectivity index (χ3n) is 3.56. The van der Waals surface area contributed by atoms with Gasteiger partial charge in [0.05, 0.1) is 11.8 Å². The molecule has 3 aromatic heterocycles. The largest absolute Gasteiger partial charge is 0.444 e. The van der Waals surface area contributed by atoms with Crippen LogP contribution in [0.4, 0.5) is 5.82 Å². The van der Waals surface area contributed by atoms with E-state index in [1.54, 1.807) is 19.4 Å². The second-order valence-corrected chi connectivity index (χ2v) is 5.02. The van der Waals surface area contributed by atoms with Crippen LogP contribution in [-0.4, -0.2) is 27.2 Å². The van der Waals surface area contributed by atoms with Gasteiger partial charge in [0.1, 0.15) is 5.82 Å². The number of aromatic nitrogens is 4. The van der Waals surface area contributed by atoms with Gasteiger partial charge in [0.15, 0.2) is 12.2 Å². The van der Waals surface area contributed by atoms with Crippen LogP contribution in [0.15, 0.2) is 64.1 Å². The number of hydrogen-bond acceptors (Lipinski definition) is 7. The van der Waals surface area contributed by atoms with Crippen molar-refractivity contribution in [1.82, 2.24) is 20.1 Å². The molecular formula is C17H13N5O2. The predicted octanol–water partition coefficient (Wildman–Crippen LogP) is 3.50. The Kier molecular flexibility index (Phi) is 3.51. The quantitative estimate of drug-likeness (QED) is 0.615. The van der Waals surface area contributed by atoms with Crippen LogP contribution in [0, 0.1) is 0 Å². The maximum Gasteiger partial charge on any atom is 0.258 e. The molecule has 0 saturated heterocycles. The highest BCUT2D eigenvalue weighted by atomic mass is 16.5. The first kappa shape index (κ1) is 14.1. The summed E-state index contributed by atoms with van der Waals surface area (Å²) in [6.45, 7) is 0. The molecule has 0 amide bonds. The lowest BCUT2D eigenvalue weighted by Crippen LogP contribution is -1.95. The van der Waals surface area contributed by atoms with Gasteiger partial charge in [-0.2, -0.15) is 4.98 Å².